The van der Waals surface area contributed by atoms with Crippen molar-refractivity contribution < 1.29 is 39.7 Å². The standard InChI is InChI=1S/C10H20O8/c11-1-2-16-3-4-17-10-9(15)8(14)7(13)6(5-12)18-10/h6-15H,1-5H2. The normalized spacial score (nSPS) is 36.8. The number of aliphatic hydroxyl groups excluding tert-OH is 5. The van der Waals surface area contributed by atoms with E-state index in [0.29, 0.717) is 0 Å². The molecule has 0 aromatic rings. The first-order chi connectivity index (χ1) is 8.61. The van der Waals surface area contributed by atoms with Crippen molar-refractivity contribution in [2.24, 2.45) is 0 Å². The van der Waals surface area contributed by atoms with E-state index in [0.717, 1.165) is 0 Å². The molecule has 0 aromatic carbocycles. The minimum absolute atomic E-state index is 0.0860. The highest BCUT2D eigenvalue weighted by molar-refractivity contribution is 4.88. The maximum Gasteiger partial charge on any atom is 0.186 e. The van der Waals surface area contributed by atoms with Crippen LogP contribution in [0.2, 0.25) is 0 Å². The van der Waals surface area contributed by atoms with Crippen molar-refractivity contribution in [2.75, 3.05) is 33.0 Å². The monoisotopic (exact) mass is 268 g/mol. The Morgan fingerprint density at radius 1 is 0.889 bits per heavy atom. The van der Waals surface area contributed by atoms with Crippen molar-refractivity contribution in [2.45, 2.75) is 30.7 Å². The lowest BCUT2D eigenvalue weighted by Crippen LogP contribution is -2.59. The number of hydrogen-bond donors (Lipinski definition) is 5. The second kappa shape index (κ2) is 7.97. The van der Waals surface area contributed by atoms with E-state index in [2.05, 4.69) is 0 Å². The highest BCUT2D eigenvalue weighted by Crippen LogP contribution is 2.21. The summed E-state index contributed by atoms with van der Waals surface area (Å²) in [6, 6.07) is 0. The van der Waals surface area contributed by atoms with Crippen molar-refractivity contribution in [3.05, 3.63) is 0 Å². The molecule has 1 rings (SSSR count). The second-order valence-corrected chi connectivity index (χ2v) is 3.90. The molecule has 0 aromatic heterocycles. The van der Waals surface area contributed by atoms with Gasteiger partial charge < -0.3 is 39.7 Å². The molecule has 0 bridgehead atoms. The van der Waals surface area contributed by atoms with Gasteiger partial charge in [-0.3, -0.25) is 0 Å². The van der Waals surface area contributed by atoms with Crippen molar-refractivity contribution in [1.29, 1.82) is 0 Å². The van der Waals surface area contributed by atoms with Gasteiger partial charge in [-0.2, -0.15) is 0 Å². The summed E-state index contributed by atoms with van der Waals surface area (Å²) in [6.45, 7) is -0.137. The molecule has 5 atom stereocenters. The minimum atomic E-state index is -1.45. The molecule has 5 unspecified atom stereocenters. The second-order valence-electron chi connectivity index (χ2n) is 3.90. The summed E-state index contributed by atoms with van der Waals surface area (Å²) in [7, 11) is 0. The van der Waals surface area contributed by atoms with E-state index in [1.54, 1.807) is 0 Å². The molecule has 8 nitrogen and oxygen atoms in total. The van der Waals surface area contributed by atoms with Crippen LogP contribution in [0.4, 0.5) is 0 Å². The van der Waals surface area contributed by atoms with Crippen LogP contribution < -0.4 is 0 Å². The van der Waals surface area contributed by atoms with Crippen molar-refractivity contribution in [3.63, 3.8) is 0 Å². The summed E-state index contributed by atoms with van der Waals surface area (Å²) in [6.07, 6.45) is -6.36. The molecular formula is C10H20O8. The first-order valence-electron chi connectivity index (χ1n) is 5.72. The highest BCUT2D eigenvalue weighted by atomic mass is 16.7. The number of rotatable bonds is 7. The van der Waals surface area contributed by atoms with Gasteiger partial charge in [0.1, 0.15) is 24.4 Å². The average Bonchev–Trinajstić information content (AvgIpc) is 2.38. The van der Waals surface area contributed by atoms with Crippen molar-refractivity contribution >= 4 is 0 Å². The topological polar surface area (TPSA) is 129 Å². The third-order valence-corrected chi connectivity index (χ3v) is 2.59. The van der Waals surface area contributed by atoms with Crippen molar-refractivity contribution in [1.82, 2.24) is 0 Å². The fraction of sp³-hybridized carbons (Fsp3) is 1.00. The molecule has 5 N–H and O–H groups in total. The third kappa shape index (κ3) is 4.11. The van der Waals surface area contributed by atoms with E-state index < -0.39 is 37.3 Å². The van der Waals surface area contributed by atoms with Crippen LogP contribution in [0.15, 0.2) is 0 Å². The van der Waals surface area contributed by atoms with Gasteiger partial charge in [0.15, 0.2) is 6.29 Å². The van der Waals surface area contributed by atoms with Gasteiger partial charge in [0.2, 0.25) is 0 Å². The Morgan fingerprint density at radius 3 is 2.22 bits per heavy atom. The van der Waals surface area contributed by atoms with Gasteiger partial charge in [0.25, 0.3) is 0 Å². The summed E-state index contributed by atoms with van der Waals surface area (Å²) >= 11 is 0. The Bertz CT molecular complexity index is 224. The first-order valence-corrected chi connectivity index (χ1v) is 5.72. The zero-order valence-electron chi connectivity index (χ0n) is 9.88. The Hall–Kier alpha value is -0.320. The van der Waals surface area contributed by atoms with Gasteiger partial charge in [-0.15, -0.1) is 0 Å². The lowest BCUT2D eigenvalue weighted by molar-refractivity contribution is -0.302. The molecule has 1 aliphatic rings. The van der Waals surface area contributed by atoms with Gasteiger partial charge >= 0.3 is 0 Å². The quantitative estimate of drug-likeness (QED) is 0.306. The van der Waals surface area contributed by atoms with Crippen LogP contribution in [-0.4, -0.2) is 89.3 Å². The van der Waals surface area contributed by atoms with E-state index in [9.17, 15) is 15.3 Å². The Labute approximate surface area is 104 Å². The van der Waals surface area contributed by atoms with E-state index >= 15 is 0 Å². The fourth-order valence-electron chi connectivity index (χ4n) is 1.59. The van der Waals surface area contributed by atoms with Crippen LogP contribution in [0.25, 0.3) is 0 Å². The van der Waals surface area contributed by atoms with Crippen LogP contribution in [-0.2, 0) is 14.2 Å². The fourth-order valence-corrected chi connectivity index (χ4v) is 1.59. The van der Waals surface area contributed by atoms with Crippen LogP contribution in [0.3, 0.4) is 0 Å². The molecular weight excluding hydrogens is 248 g/mol. The van der Waals surface area contributed by atoms with Crippen LogP contribution >= 0.6 is 0 Å². The van der Waals surface area contributed by atoms with Crippen LogP contribution in [0, 0.1) is 0 Å². The third-order valence-electron chi connectivity index (χ3n) is 2.59. The Kier molecular flexibility index (Phi) is 6.97. The zero-order chi connectivity index (χ0) is 13.5. The molecule has 0 aliphatic carbocycles. The lowest BCUT2D eigenvalue weighted by atomic mass is 9.99. The maximum atomic E-state index is 9.60. The summed E-state index contributed by atoms with van der Waals surface area (Å²) in [5.74, 6) is 0. The predicted molar refractivity (Wildman–Crippen MR) is 57.6 cm³/mol. The first kappa shape index (κ1) is 15.7. The van der Waals surface area contributed by atoms with Crippen LogP contribution in [0.5, 0.6) is 0 Å². The Morgan fingerprint density at radius 2 is 1.61 bits per heavy atom. The molecule has 0 spiro atoms. The number of hydrogen-bond acceptors (Lipinski definition) is 8. The number of aliphatic hydroxyl groups is 5. The van der Waals surface area contributed by atoms with Gasteiger partial charge in [0.05, 0.1) is 33.0 Å². The summed E-state index contributed by atoms with van der Waals surface area (Å²) in [5.41, 5.74) is 0. The van der Waals surface area contributed by atoms with Gasteiger partial charge in [-0.25, -0.2) is 0 Å². The molecule has 1 aliphatic heterocycles. The highest BCUT2D eigenvalue weighted by Gasteiger charge is 2.43. The summed E-state index contributed by atoms with van der Waals surface area (Å²) in [5, 5.41) is 46.0. The van der Waals surface area contributed by atoms with E-state index in [1.807, 2.05) is 0 Å². The average molecular weight is 268 g/mol. The van der Waals surface area contributed by atoms with Gasteiger partial charge in [-0.1, -0.05) is 0 Å². The molecule has 1 fully saturated rings. The van der Waals surface area contributed by atoms with E-state index in [-0.39, 0.29) is 26.4 Å². The summed E-state index contributed by atoms with van der Waals surface area (Å²) < 4.78 is 15.2. The van der Waals surface area contributed by atoms with E-state index in [4.69, 9.17) is 24.4 Å². The molecule has 8 heteroatoms. The molecule has 0 radical (unpaired) electrons. The van der Waals surface area contributed by atoms with Gasteiger partial charge in [-0.05, 0) is 0 Å². The SMILES string of the molecule is OCCOCCOC1OC(CO)C(O)C(O)C1O. The summed E-state index contributed by atoms with van der Waals surface area (Å²) in [4.78, 5) is 0. The zero-order valence-corrected chi connectivity index (χ0v) is 9.88. The van der Waals surface area contributed by atoms with E-state index in [1.165, 1.54) is 0 Å². The largest absolute Gasteiger partial charge is 0.394 e. The predicted octanol–water partition coefficient (Wildman–Crippen LogP) is -3.19. The molecule has 1 saturated heterocycles. The Balaban J connectivity index is 2.35. The smallest absolute Gasteiger partial charge is 0.186 e. The molecule has 18 heavy (non-hydrogen) atoms. The lowest BCUT2D eigenvalue weighted by Gasteiger charge is -2.39. The minimum Gasteiger partial charge on any atom is -0.394 e. The number of ether oxygens (including phenoxy) is 3. The molecule has 0 saturated carbocycles. The maximum absolute atomic E-state index is 9.60. The molecule has 1 heterocycles. The van der Waals surface area contributed by atoms with Crippen LogP contribution in [0.1, 0.15) is 0 Å². The molecule has 0 amide bonds. The molecule has 108 valence electrons. The van der Waals surface area contributed by atoms with Gasteiger partial charge in [0, 0.05) is 0 Å². The van der Waals surface area contributed by atoms with Crippen molar-refractivity contribution in [3.8, 4) is 0 Å².